The lowest BCUT2D eigenvalue weighted by molar-refractivity contribution is 0.0593. The van der Waals surface area contributed by atoms with E-state index in [1.165, 1.54) is 7.11 Å². The summed E-state index contributed by atoms with van der Waals surface area (Å²) in [5, 5.41) is -0.253. The number of hydrogen-bond acceptors (Lipinski definition) is 6. The molecule has 1 aromatic rings. The minimum Gasteiger partial charge on any atom is -0.464 e. The number of ether oxygens (including phenoxy) is 1. The van der Waals surface area contributed by atoms with Crippen LogP contribution in [0.15, 0.2) is 5.16 Å². The fourth-order valence-electron chi connectivity index (χ4n) is 1.15. The molecule has 16 heavy (non-hydrogen) atoms. The van der Waals surface area contributed by atoms with Crippen molar-refractivity contribution >= 4 is 15.8 Å². The second-order valence-electron chi connectivity index (χ2n) is 3.17. The zero-order valence-electron chi connectivity index (χ0n) is 8.98. The number of carbonyl (C=O) groups excluding carboxylic acids is 1. The molecule has 1 heterocycles. The van der Waals surface area contributed by atoms with Crippen LogP contribution in [0.5, 0.6) is 0 Å². The molecule has 0 aromatic carbocycles. The average Bonchev–Trinajstić information content (AvgIpc) is 2.61. The molecule has 0 unspecified atom stereocenters. The van der Waals surface area contributed by atoms with Gasteiger partial charge in [0.2, 0.25) is 15.0 Å². The van der Waals surface area contributed by atoms with E-state index in [4.69, 9.17) is 5.73 Å². The van der Waals surface area contributed by atoms with Crippen molar-refractivity contribution in [3.63, 3.8) is 0 Å². The number of esters is 1. The number of nitrogens with one attached hydrogen (secondary N) is 1. The van der Waals surface area contributed by atoms with Crippen molar-refractivity contribution in [1.82, 2.24) is 9.97 Å². The van der Waals surface area contributed by atoms with E-state index < -0.39 is 15.8 Å². The number of rotatable bonds is 4. The van der Waals surface area contributed by atoms with Crippen LogP contribution in [0.4, 0.5) is 0 Å². The van der Waals surface area contributed by atoms with Gasteiger partial charge < -0.3 is 15.5 Å². The molecular formula is C8H13N3O4S. The van der Waals surface area contributed by atoms with E-state index in [9.17, 15) is 13.2 Å². The molecule has 0 saturated heterocycles. The maximum atomic E-state index is 11.3. The second-order valence-corrected chi connectivity index (χ2v) is 5.10. The molecule has 0 radical (unpaired) electrons. The summed E-state index contributed by atoms with van der Waals surface area (Å²) >= 11 is 0. The Kier molecular flexibility index (Phi) is 3.66. The molecule has 0 saturated carbocycles. The summed E-state index contributed by atoms with van der Waals surface area (Å²) < 4.78 is 27.0. The highest BCUT2D eigenvalue weighted by atomic mass is 32.2. The van der Waals surface area contributed by atoms with Gasteiger partial charge in [0.05, 0.1) is 12.8 Å². The fourth-order valence-corrected chi connectivity index (χ4v) is 1.72. The predicted molar refractivity (Wildman–Crippen MR) is 55.8 cm³/mol. The molecule has 90 valence electrons. The lowest BCUT2D eigenvalue weighted by Gasteiger charge is -1.97. The summed E-state index contributed by atoms with van der Waals surface area (Å²) in [5.41, 5.74) is 5.68. The Labute approximate surface area is 92.9 Å². The van der Waals surface area contributed by atoms with E-state index in [1.54, 1.807) is 0 Å². The molecular weight excluding hydrogens is 234 g/mol. The van der Waals surface area contributed by atoms with Gasteiger partial charge in [-0.05, 0) is 6.54 Å². The first kappa shape index (κ1) is 12.7. The van der Waals surface area contributed by atoms with Crippen molar-refractivity contribution < 1.29 is 17.9 Å². The Hall–Kier alpha value is -1.41. The van der Waals surface area contributed by atoms with E-state index in [-0.39, 0.29) is 17.4 Å². The summed E-state index contributed by atoms with van der Waals surface area (Å²) in [6.45, 7) is 0.273. The van der Waals surface area contributed by atoms with Crippen molar-refractivity contribution in [2.24, 2.45) is 5.73 Å². The molecule has 1 aromatic heterocycles. The van der Waals surface area contributed by atoms with Gasteiger partial charge in [-0.3, -0.25) is 0 Å². The van der Waals surface area contributed by atoms with Crippen molar-refractivity contribution in [2.75, 3.05) is 19.9 Å². The van der Waals surface area contributed by atoms with Crippen LogP contribution in [0.2, 0.25) is 0 Å². The first-order chi connectivity index (χ1) is 7.40. The topological polar surface area (TPSA) is 115 Å². The maximum absolute atomic E-state index is 11.3. The molecule has 0 fully saturated rings. The van der Waals surface area contributed by atoms with Gasteiger partial charge in [-0.2, -0.15) is 0 Å². The first-order valence-electron chi connectivity index (χ1n) is 4.47. The number of imidazole rings is 1. The molecule has 1 rings (SSSR count). The van der Waals surface area contributed by atoms with Gasteiger partial charge in [0, 0.05) is 12.7 Å². The Morgan fingerprint density at radius 3 is 2.62 bits per heavy atom. The minimum atomic E-state index is -3.48. The van der Waals surface area contributed by atoms with E-state index in [0.29, 0.717) is 12.1 Å². The number of nitrogens with zero attached hydrogens (tertiary/aromatic N) is 1. The molecule has 7 nitrogen and oxygen atoms in total. The van der Waals surface area contributed by atoms with Gasteiger partial charge in [0.1, 0.15) is 0 Å². The SMILES string of the molecule is COC(=O)c1nc(S(C)(=O)=O)[nH]c1CCN. The number of H-pyrrole nitrogens is 1. The third kappa shape index (κ3) is 2.58. The smallest absolute Gasteiger partial charge is 0.358 e. The van der Waals surface area contributed by atoms with Crippen molar-refractivity contribution in [3.8, 4) is 0 Å². The molecule has 0 aliphatic carbocycles. The zero-order valence-corrected chi connectivity index (χ0v) is 9.80. The van der Waals surface area contributed by atoms with Crippen molar-refractivity contribution in [2.45, 2.75) is 11.6 Å². The molecule has 0 aliphatic heterocycles. The monoisotopic (exact) mass is 247 g/mol. The van der Waals surface area contributed by atoms with Crippen LogP contribution in [-0.4, -0.2) is 44.3 Å². The van der Waals surface area contributed by atoms with Crippen LogP contribution in [0.3, 0.4) is 0 Å². The lowest BCUT2D eigenvalue weighted by Crippen LogP contribution is -2.09. The molecule has 8 heteroatoms. The normalized spacial score (nSPS) is 11.4. The van der Waals surface area contributed by atoms with Crippen LogP contribution in [0.1, 0.15) is 16.2 Å². The van der Waals surface area contributed by atoms with Crippen LogP contribution in [0, 0.1) is 0 Å². The van der Waals surface area contributed by atoms with Crippen LogP contribution < -0.4 is 5.73 Å². The Morgan fingerprint density at radius 2 is 2.19 bits per heavy atom. The summed E-state index contributed by atoms with van der Waals surface area (Å²) in [6, 6.07) is 0. The van der Waals surface area contributed by atoms with Crippen LogP contribution in [-0.2, 0) is 21.0 Å². The lowest BCUT2D eigenvalue weighted by atomic mass is 10.2. The third-order valence-electron chi connectivity index (χ3n) is 1.88. The standard InChI is InChI=1S/C8H13N3O4S/c1-15-7(12)6-5(3-4-9)10-8(11-6)16(2,13)14/h3-4,9H2,1-2H3,(H,10,11). The molecule has 0 bridgehead atoms. The molecule has 0 spiro atoms. The van der Waals surface area contributed by atoms with E-state index in [1.807, 2.05) is 0 Å². The number of hydrogen-bond donors (Lipinski definition) is 2. The number of carbonyl (C=O) groups is 1. The summed E-state index contributed by atoms with van der Waals surface area (Å²) in [5.74, 6) is -0.686. The summed E-state index contributed by atoms with van der Waals surface area (Å²) in [6.07, 6.45) is 1.33. The van der Waals surface area contributed by atoms with Crippen LogP contribution >= 0.6 is 0 Å². The first-order valence-corrected chi connectivity index (χ1v) is 6.36. The molecule has 0 amide bonds. The van der Waals surface area contributed by atoms with Crippen molar-refractivity contribution in [3.05, 3.63) is 11.4 Å². The van der Waals surface area contributed by atoms with E-state index in [0.717, 1.165) is 6.26 Å². The van der Waals surface area contributed by atoms with Crippen molar-refractivity contribution in [1.29, 1.82) is 0 Å². The van der Waals surface area contributed by atoms with E-state index in [2.05, 4.69) is 14.7 Å². The fraction of sp³-hybridized carbons (Fsp3) is 0.500. The molecule has 0 atom stereocenters. The highest BCUT2D eigenvalue weighted by Gasteiger charge is 2.21. The highest BCUT2D eigenvalue weighted by molar-refractivity contribution is 7.90. The number of aromatic amines is 1. The summed E-state index contributed by atoms with van der Waals surface area (Å²) in [7, 11) is -2.28. The zero-order chi connectivity index (χ0) is 12.3. The molecule has 0 aliphatic rings. The van der Waals surface area contributed by atoms with Gasteiger partial charge in [-0.1, -0.05) is 0 Å². The van der Waals surface area contributed by atoms with Gasteiger partial charge in [0.15, 0.2) is 5.69 Å². The number of sulfone groups is 1. The largest absolute Gasteiger partial charge is 0.464 e. The van der Waals surface area contributed by atoms with E-state index >= 15 is 0 Å². The second kappa shape index (κ2) is 4.62. The Morgan fingerprint density at radius 1 is 1.56 bits per heavy atom. The summed E-state index contributed by atoms with van der Waals surface area (Å²) in [4.78, 5) is 17.6. The quantitative estimate of drug-likeness (QED) is 0.666. The minimum absolute atomic E-state index is 0.0339. The number of methoxy groups -OCH3 is 1. The highest BCUT2D eigenvalue weighted by Crippen LogP contribution is 2.12. The average molecular weight is 247 g/mol. The van der Waals surface area contributed by atoms with Crippen LogP contribution in [0.25, 0.3) is 0 Å². The maximum Gasteiger partial charge on any atom is 0.358 e. The molecule has 3 N–H and O–H groups in total. The van der Waals surface area contributed by atoms with Gasteiger partial charge in [-0.25, -0.2) is 18.2 Å². The Balaban J connectivity index is 3.25. The Bertz CT molecular complexity index is 491. The van der Waals surface area contributed by atoms with Gasteiger partial charge >= 0.3 is 5.97 Å². The van der Waals surface area contributed by atoms with Gasteiger partial charge in [0.25, 0.3) is 0 Å². The number of nitrogens with two attached hydrogens (primary N) is 1. The van der Waals surface area contributed by atoms with Gasteiger partial charge in [-0.15, -0.1) is 0 Å². The number of aromatic nitrogens is 2. The third-order valence-corrected chi connectivity index (χ3v) is 2.78. The predicted octanol–water partition coefficient (Wildman–Crippen LogP) is -0.899.